The van der Waals surface area contributed by atoms with Gasteiger partial charge in [0.15, 0.2) is 0 Å². The second-order valence-electron chi connectivity index (χ2n) is 10.8. The van der Waals surface area contributed by atoms with Crippen molar-refractivity contribution in [2.75, 3.05) is 52.4 Å². The van der Waals surface area contributed by atoms with Gasteiger partial charge in [0.05, 0.1) is 43.1 Å². The molecule has 0 radical (unpaired) electrons. The Morgan fingerprint density at radius 2 is 1.80 bits per heavy atom. The van der Waals surface area contributed by atoms with Crippen molar-refractivity contribution in [2.24, 2.45) is 5.14 Å². The summed E-state index contributed by atoms with van der Waals surface area (Å²) in [5.41, 5.74) is 1.70. The fourth-order valence-electron chi connectivity index (χ4n) is 5.25. The van der Waals surface area contributed by atoms with E-state index in [0.29, 0.717) is 23.7 Å². The van der Waals surface area contributed by atoms with Crippen molar-refractivity contribution in [3.05, 3.63) is 42.1 Å². The molecule has 4 rings (SSSR count). The van der Waals surface area contributed by atoms with Gasteiger partial charge >= 0.3 is 6.18 Å². The van der Waals surface area contributed by atoms with Gasteiger partial charge < -0.3 is 29.8 Å². The number of fused-ring (bicyclic) bond motifs is 1. The van der Waals surface area contributed by atoms with Crippen LogP contribution in [0.4, 0.5) is 18.9 Å². The molecule has 0 saturated heterocycles. The Hall–Kier alpha value is -2.24. The Bertz CT molecular complexity index is 1190. The van der Waals surface area contributed by atoms with Gasteiger partial charge in [0.25, 0.3) is 0 Å². The molecule has 3 unspecified atom stereocenters. The lowest BCUT2D eigenvalue weighted by atomic mass is 9.95. The van der Waals surface area contributed by atoms with Crippen molar-refractivity contribution < 1.29 is 27.8 Å². The van der Waals surface area contributed by atoms with Crippen LogP contribution in [0.3, 0.4) is 0 Å². The lowest BCUT2D eigenvalue weighted by Gasteiger charge is -2.27. The maximum absolute atomic E-state index is 13.4. The van der Waals surface area contributed by atoms with E-state index < -0.39 is 18.8 Å². The van der Waals surface area contributed by atoms with Crippen LogP contribution in [-0.2, 0) is 16.0 Å². The predicted molar refractivity (Wildman–Crippen MR) is 176 cm³/mol. The number of rotatable bonds is 12. The molecule has 2 aliphatic rings. The van der Waals surface area contributed by atoms with Crippen LogP contribution in [0.5, 0.6) is 0 Å². The summed E-state index contributed by atoms with van der Waals surface area (Å²) in [7, 11) is 3.38. The zero-order chi connectivity index (χ0) is 31.1. The molecule has 1 aromatic heterocycles. The Balaban J connectivity index is 0.000000589. The number of alkyl halides is 3. The van der Waals surface area contributed by atoms with Crippen molar-refractivity contribution in [3.63, 3.8) is 0 Å². The van der Waals surface area contributed by atoms with Crippen LogP contribution in [-0.4, -0.2) is 86.4 Å². The maximum Gasteiger partial charge on any atom is 0.406 e. The van der Waals surface area contributed by atoms with Crippen molar-refractivity contribution in [1.82, 2.24) is 15.2 Å². The molecule has 2 aliphatic carbocycles. The third kappa shape index (κ3) is 12.6. The molecule has 2 aromatic rings. The monoisotopic (exact) mass is 641 g/mol. The van der Waals surface area contributed by atoms with Crippen molar-refractivity contribution in [1.29, 1.82) is 0 Å². The van der Waals surface area contributed by atoms with Crippen LogP contribution in [0, 0.1) is 11.8 Å². The largest absolute Gasteiger partial charge is 0.406 e. The molecule has 6 N–H and O–H groups in total. The molecule has 1 fully saturated rings. The average molecular weight is 642 g/mol. The molecule has 248 valence electrons. The summed E-state index contributed by atoms with van der Waals surface area (Å²) in [6.45, 7) is 2.49. The quantitative estimate of drug-likeness (QED) is 0.0949. The predicted octanol–water partition coefficient (Wildman–Crippen LogP) is 5.06. The number of benzene rings is 1. The van der Waals surface area contributed by atoms with E-state index in [1.54, 1.807) is 32.4 Å². The van der Waals surface area contributed by atoms with Crippen molar-refractivity contribution >= 4 is 28.5 Å². The molecule has 3 atom stereocenters. The normalized spacial score (nSPS) is 20.3. The molecule has 1 saturated carbocycles. The van der Waals surface area contributed by atoms with E-state index in [9.17, 15) is 18.3 Å². The van der Waals surface area contributed by atoms with E-state index in [2.05, 4.69) is 27.8 Å². The minimum absolute atomic E-state index is 0. The third-order valence-electron chi connectivity index (χ3n) is 7.45. The minimum atomic E-state index is -4.36. The van der Waals surface area contributed by atoms with Gasteiger partial charge in [-0.15, -0.1) is 0 Å². The molecule has 0 amide bonds. The third-order valence-corrected chi connectivity index (χ3v) is 8.15. The van der Waals surface area contributed by atoms with E-state index in [-0.39, 0.29) is 25.3 Å². The van der Waals surface area contributed by atoms with Gasteiger partial charge in [-0.25, -0.2) is 0 Å². The number of aliphatic hydroxyl groups excluding tert-OH is 1. The summed E-state index contributed by atoms with van der Waals surface area (Å²) in [6.07, 6.45) is 5.13. The zero-order valence-corrected chi connectivity index (χ0v) is 25.9. The number of hydrogen-bond acceptors (Lipinski definition) is 8. The lowest BCUT2D eigenvalue weighted by Crippen LogP contribution is -2.42. The number of nitrogens with two attached hydrogens (primary N) is 1. The highest BCUT2D eigenvalue weighted by molar-refractivity contribution is 7.97. The Morgan fingerprint density at radius 3 is 2.41 bits per heavy atom. The van der Waals surface area contributed by atoms with Crippen LogP contribution in [0.15, 0.2) is 36.4 Å². The number of nitrogens with zero attached hydrogens (tertiary/aromatic N) is 1. The fraction of sp³-hybridized carbons (Fsp3) is 0.625. The Morgan fingerprint density at radius 1 is 1.09 bits per heavy atom. The smallest absolute Gasteiger partial charge is 0.391 e. The van der Waals surface area contributed by atoms with Crippen molar-refractivity contribution in [2.45, 2.75) is 82.1 Å². The van der Waals surface area contributed by atoms with E-state index >= 15 is 0 Å². The summed E-state index contributed by atoms with van der Waals surface area (Å²) < 4.78 is 51.1. The number of methoxy groups -OCH3 is 2. The molecular formula is C32H50F3N5O3S. The number of aliphatic hydroxyl groups is 1. The molecule has 44 heavy (non-hydrogen) atoms. The number of hydrogen-bond donors (Lipinski definition) is 5. The lowest BCUT2D eigenvalue weighted by molar-refractivity contribution is -0.140. The van der Waals surface area contributed by atoms with E-state index in [1.165, 1.54) is 35.8 Å². The molecule has 0 bridgehead atoms. The van der Waals surface area contributed by atoms with Gasteiger partial charge in [-0.05, 0) is 43.4 Å². The van der Waals surface area contributed by atoms with E-state index in [1.807, 2.05) is 18.2 Å². The first kappa shape index (κ1) is 37.9. The first-order valence-electron chi connectivity index (χ1n) is 14.8. The van der Waals surface area contributed by atoms with Gasteiger partial charge in [-0.3, -0.25) is 10.5 Å². The highest BCUT2D eigenvalue weighted by Gasteiger charge is 2.30. The molecule has 1 aromatic carbocycles. The topological polar surface area (TPSA) is 106 Å². The molecule has 8 nitrogen and oxygen atoms in total. The molecule has 12 heteroatoms. The highest BCUT2D eigenvalue weighted by Crippen LogP contribution is 2.32. The fourth-order valence-corrected chi connectivity index (χ4v) is 5.74. The van der Waals surface area contributed by atoms with Crippen LogP contribution in [0.2, 0.25) is 0 Å². The molecular weight excluding hydrogens is 591 g/mol. The average Bonchev–Trinajstić information content (AvgIpc) is 3.33. The van der Waals surface area contributed by atoms with Gasteiger partial charge in [0.1, 0.15) is 6.54 Å². The first-order valence-corrected chi connectivity index (χ1v) is 15.8. The van der Waals surface area contributed by atoms with Crippen LogP contribution in [0.25, 0.3) is 10.9 Å². The van der Waals surface area contributed by atoms with Crippen LogP contribution >= 0.6 is 11.9 Å². The van der Waals surface area contributed by atoms with Crippen molar-refractivity contribution in [3.8, 4) is 11.8 Å². The second kappa shape index (κ2) is 20.0. The molecule has 0 aliphatic heterocycles. The van der Waals surface area contributed by atoms with Crippen LogP contribution < -0.4 is 21.1 Å². The standard InChI is InChI=1S/C25H31F3N4OS.C6H15NO2.CH4/c26-25(27,28)16-32-18(8-5-13-30-22-12-11-19(34-29)15-24(22)33)14-20-21(9-4-10-23(20)32)31-17-6-2-1-3-7-17;1-8-5-3-7-4-6-9-2;/h4,9-12,14,17,19,22,24,30-31,33H,1-3,6-7,13,15-16,29H2;7H,3-6H2,1-2H3;1H4. The number of aromatic nitrogens is 1. The van der Waals surface area contributed by atoms with Gasteiger partial charge in [0, 0.05) is 49.7 Å². The summed E-state index contributed by atoms with van der Waals surface area (Å²) in [5.74, 6) is 5.86. The number of ether oxygens (including phenoxy) is 2. The second-order valence-corrected chi connectivity index (χ2v) is 11.6. The van der Waals surface area contributed by atoms with Crippen LogP contribution in [0.1, 0.15) is 51.6 Å². The Labute approximate surface area is 264 Å². The molecule has 0 spiro atoms. The Kier molecular flexibility index (Phi) is 17.2. The summed E-state index contributed by atoms with van der Waals surface area (Å²) in [4.78, 5) is 0. The summed E-state index contributed by atoms with van der Waals surface area (Å²) >= 11 is 1.19. The molecule has 1 heterocycles. The zero-order valence-electron chi connectivity index (χ0n) is 25.1. The van der Waals surface area contributed by atoms with E-state index in [4.69, 9.17) is 14.6 Å². The maximum atomic E-state index is 13.4. The highest BCUT2D eigenvalue weighted by atomic mass is 32.2. The minimum Gasteiger partial charge on any atom is -0.391 e. The summed E-state index contributed by atoms with van der Waals surface area (Å²) in [5, 5.41) is 26.5. The summed E-state index contributed by atoms with van der Waals surface area (Å²) in [6, 6.07) is 7.27. The van der Waals surface area contributed by atoms with Gasteiger partial charge in [-0.1, -0.05) is 62.8 Å². The SMILES string of the molecule is C.COCCNCCOC.NSC1C=CC(NCC#Cc2cc3c(NC4CCCCC4)cccc3n2CC(F)(F)F)C(O)C1. The number of nitrogens with one attached hydrogen (secondary N) is 3. The number of anilines is 1. The number of halogens is 3. The van der Waals surface area contributed by atoms with Gasteiger partial charge in [-0.2, -0.15) is 13.2 Å². The first-order chi connectivity index (χ1) is 20.8. The van der Waals surface area contributed by atoms with Gasteiger partial charge in [0.2, 0.25) is 0 Å². The van der Waals surface area contributed by atoms with E-state index in [0.717, 1.165) is 50.2 Å².